The van der Waals surface area contributed by atoms with Gasteiger partial charge in [0.15, 0.2) is 0 Å². The molecule has 4 aromatic rings. The lowest BCUT2D eigenvalue weighted by atomic mass is 10.0. The molecule has 8 heteroatoms. The fourth-order valence-electron chi connectivity index (χ4n) is 4.73. The van der Waals surface area contributed by atoms with Gasteiger partial charge in [0.2, 0.25) is 5.62 Å². The summed E-state index contributed by atoms with van der Waals surface area (Å²) in [5.41, 5.74) is 6.17. The van der Waals surface area contributed by atoms with Crippen molar-refractivity contribution >= 4 is 23.2 Å². The number of aryl methyl sites for hydroxylation is 2. The summed E-state index contributed by atoms with van der Waals surface area (Å²) in [5.74, 6) is 0. The van der Waals surface area contributed by atoms with Gasteiger partial charge in [0.25, 0.3) is 0 Å². The number of aromatic nitrogens is 2. The molecule has 0 spiro atoms. The number of carbonyl (C=O) groups excluding carboxylic acids is 2. The average molecular weight is 556 g/mol. The van der Waals surface area contributed by atoms with Crippen molar-refractivity contribution in [2.45, 2.75) is 59.2 Å². The van der Waals surface area contributed by atoms with Gasteiger partial charge in [-0.15, -0.1) is 4.99 Å². The van der Waals surface area contributed by atoms with Gasteiger partial charge in [-0.05, 0) is 64.3 Å². The molecule has 4 rings (SSSR count). The minimum Gasteiger partial charge on any atom is -0.442 e. The molecule has 41 heavy (non-hydrogen) atoms. The van der Waals surface area contributed by atoms with Crippen LogP contribution in [0.4, 0.5) is 9.59 Å². The summed E-state index contributed by atoms with van der Waals surface area (Å²) in [5, 5.41) is 3.06. The van der Waals surface area contributed by atoms with Crippen molar-refractivity contribution in [3.63, 3.8) is 0 Å². The number of hydrogen-bond acceptors (Lipinski definition) is 3. The molecule has 1 N–H and O–H groups in total. The molecule has 0 aliphatic carbocycles. The number of hydrogen-bond donors (Lipinski definition) is 1. The highest BCUT2D eigenvalue weighted by Crippen LogP contribution is 2.22. The van der Waals surface area contributed by atoms with Crippen LogP contribution in [0.2, 0.25) is 0 Å². The topological polar surface area (TPSA) is 80.9 Å². The molecule has 0 aliphatic rings. The molecule has 0 unspecified atom stereocenters. The van der Waals surface area contributed by atoms with Crippen molar-refractivity contribution in [3.8, 4) is 0 Å². The van der Waals surface area contributed by atoms with E-state index in [9.17, 15) is 9.59 Å². The van der Waals surface area contributed by atoms with Crippen LogP contribution in [0.5, 0.6) is 0 Å². The van der Waals surface area contributed by atoms with E-state index in [2.05, 4.69) is 81.8 Å². The maximum Gasteiger partial charge on any atom is 0.437 e. The number of imidazole rings is 1. The second kappa shape index (κ2) is 12.5. The third kappa shape index (κ3) is 7.66. The van der Waals surface area contributed by atoms with Crippen LogP contribution in [-0.2, 0) is 17.7 Å². The Kier molecular flexibility index (Phi) is 9.01. The van der Waals surface area contributed by atoms with E-state index < -0.39 is 11.7 Å². The summed E-state index contributed by atoms with van der Waals surface area (Å²) in [6, 6.07) is 24.3. The zero-order valence-electron chi connectivity index (χ0n) is 25.1. The van der Waals surface area contributed by atoms with E-state index in [0.717, 1.165) is 22.2 Å². The maximum absolute atomic E-state index is 13.2. The monoisotopic (exact) mass is 555 g/mol. The van der Waals surface area contributed by atoms with Crippen LogP contribution in [-0.4, -0.2) is 52.4 Å². The van der Waals surface area contributed by atoms with Gasteiger partial charge in [0, 0.05) is 20.6 Å². The second-order valence-corrected chi connectivity index (χ2v) is 11.7. The van der Waals surface area contributed by atoms with E-state index in [-0.39, 0.29) is 12.1 Å². The molecule has 0 aliphatic heterocycles. The zero-order chi connectivity index (χ0) is 29.7. The van der Waals surface area contributed by atoms with Crippen LogP contribution in [0.25, 0.3) is 11.0 Å². The number of rotatable bonds is 7. The number of benzene rings is 3. The number of amides is 3. The summed E-state index contributed by atoms with van der Waals surface area (Å²) in [4.78, 5) is 31.9. The van der Waals surface area contributed by atoms with Crippen molar-refractivity contribution in [1.82, 2.24) is 19.4 Å². The highest BCUT2D eigenvalue weighted by Gasteiger charge is 2.23. The minimum absolute atomic E-state index is 0.187. The lowest BCUT2D eigenvalue weighted by Gasteiger charge is -2.22. The zero-order valence-corrected chi connectivity index (χ0v) is 25.1. The number of carbonyl (C=O) groups is 2. The van der Waals surface area contributed by atoms with Crippen molar-refractivity contribution < 1.29 is 14.3 Å². The molecule has 216 valence electrons. The maximum atomic E-state index is 13.2. The molecule has 1 aromatic heterocycles. The van der Waals surface area contributed by atoms with Crippen LogP contribution in [0.3, 0.4) is 0 Å². The molecule has 0 saturated carbocycles. The number of nitrogens with one attached hydrogen (secondary N) is 1. The van der Waals surface area contributed by atoms with Gasteiger partial charge in [-0.3, -0.25) is 0 Å². The molecule has 3 amide bonds. The van der Waals surface area contributed by atoms with Gasteiger partial charge in [-0.25, -0.2) is 9.59 Å². The standard InChI is InChI=1S/C33H41N5O3/c1-23-12-16-25(17-13-23)20-27(21-34-31(39)36(6)7)38-29-11-9-8-10-28(29)37(22-26-18-14-24(2)15-19-26)30(38)35-32(40)41-33(3,4)5/h8-19,27H,20-22H2,1-7H3,(H,34,39)/t27-/m0/s1. The van der Waals surface area contributed by atoms with E-state index in [1.54, 1.807) is 14.1 Å². The molecule has 1 atom stereocenters. The second-order valence-electron chi connectivity index (χ2n) is 11.7. The highest BCUT2D eigenvalue weighted by atomic mass is 16.6. The molecule has 8 nitrogen and oxygen atoms in total. The van der Waals surface area contributed by atoms with Crippen molar-refractivity contribution in [3.05, 3.63) is 101 Å². The minimum atomic E-state index is -0.694. The Hall–Kier alpha value is -4.33. The van der Waals surface area contributed by atoms with Gasteiger partial charge in [-0.1, -0.05) is 71.8 Å². The molecular formula is C33H41N5O3. The molecule has 0 radical (unpaired) electrons. The lowest BCUT2D eigenvalue weighted by molar-refractivity contribution is 0.0593. The largest absolute Gasteiger partial charge is 0.442 e. The Morgan fingerprint density at radius 1 is 0.878 bits per heavy atom. The van der Waals surface area contributed by atoms with Crippen molar-refractivity contribution in [1.29, 1.82) is 0 Å². The normalized spacial score (nSPS) is 12.8. The van der Waals surface area contributed by atoms with Crippen molar-refractivity contribution in [2.24, 2.45) is 4.99 Å². The molecule has 0 fully saturated rings. The van der Waals surface area contributed by atoms with Crippen LogP contribution < -0.4 is 10.9 Å². The number of urea groups is 1. The van der Waals surface area contributed by atoms with Gasteiger partial charge >= 0.3 is 12.1 Å². The average Bonchev–Trinajstić information content (AvgIpc) is 3.20. The first-order chi connectivity index (χ1) is 19.4. The van der Waals surface area contributed by atoms with Crippen LogP contribution in [0.1, 0.15) is 49.1 Å². The Morgan fingerprint density at radius 3 is 2.00 bits per heavy atom. The third-order valence-electron chi connectivity index (χ3n) is 6.79. The van der Waals surface area contributed by atoms with E-state index in [0.29, 0.717) is 25.1 Å². The Labute approximate surface area is 242 Å². The number of fused-ring (bicyclic) bond motifs is 1. The summed E-state index contributed by atoms with van der Waals surface area (Å²) < 4.78 is 9.77. The quantitative estimate of drug-likeness (QED) is 0.304. The number of para-hydroxylation sites is 2. The smallest absolute Gasteiger partial charge is 0.437 e. The Bertz CT molecular complexity index is 1570. The van der Waals surface area contributed by atoms with Gasteiger partial charge in [0.1, 0.15) is 5.60 Å². The van der Waals surface area contributed by atoms with Crippen molar-refractivity contribution in [2.75, 3.05) is 20.6 Å². The summed E-state index contributed by atoms with van der Waals surface area (Å²) in [7, 11) is 3.43. The predicted octanol–water partition coefficient (Wildman–Crippen LogP) is 6.00. The first-order valence-electron chi connectivity index (χ1n) is 13.9. The molecule has 0 bridgehead atoms. The first-order valence-corrected chi connectivity index (χ1v) is 13.9. The van der Waals surface area contributed by atoms with Gasteiger partial charge in [-0.2, -0.15) is 0 Å². The van der Waals surface area contributed by atoms with E-state index in [4.69, 9.17) is 4.74 Å². The Balaban J connectivity index is 1.94. The fraction of sp³-hybridized carbons (Fsp3) is 0.364. The van der Waals surface area contributed by atoms with Crippen LogP contribution >= 0.6 is 0 Å². The summed E-state index contributed by atoms with van der Waals surface area (Å²) in [6.07, 6.45) is -0.0424. The SMILES string of the molecule is Cc1ccc(C[C@@H](CNC(=O)N(C)C)n2c(=NC(=O)OC(C)(C)C)n(Cc3ccc(C)cc3)c3ccccc32)cc1. The molecular weight excluding hydrogens is 514 g/mol. The molecule has 1 heterocycles. The summed E-state index contributed by atoms with van der Waals surface area (Å²) >= 11 is 0. The van der Waals surface area contributed by atoms with Crippen LogP contribution in [0, 0.1) is 13.8 Å². The summed E-state index contributed by atoms with van der Waals surface area (Å²) in [6.45, 7) is 10.4. The number of ether oxygens (including phenoxy) is 1. The molecule has 3 aromatic carbocycles. The lowest BCUT2D eigenvalue weighted by Crippen LogP contribution is -2.41. The van der Waals surface area contributed by atoms with Gasteiger partial charge < -0.3 is 24.1 Å². The number of nitrogens with zero attached hydrogens (tertiary/aromatic N) is 4. The Morgan fingerprint density at radius 2 is 1.44 bits per heavy atom. The van der Waals surface area contributed by atoms with E-state index in [1.807, 2.05) is 45.0 Å². The fourth-order valence-corrected chi connectivity index (χ4v) is 4.73. The van der Waals surface area contributed by atoms with E-state index >= 15 is 0 Å². The van der Waals surface area contributed by atoms with Gasteiger partial charge in [0.05, 0.1) is 23.6 Å². The highest BCUT2D eigenvalue weighted by molar-refractivity contribution is 5.77. The predicted molar refractivity (Wildman–Crippen MR) is 163 cm³/mol. The first kappa shape index (κ1) is 29.6. The molecule has 0 saturated heterocycles. The third-order valence-corrected chi connectivity index (χ3v) is 6.79. The van der Waals surface area contributed by atoms with Crippen LogP contribution in [0.15, 0.2) is 77.8 Å². The van der Waals surface area contributed by atoms with E-state index in [1.165, 1.54) is 16.0 Å².